The van der Waals surface area contributed by atoms with E-state index in [0.29, 0.717) is 30.0 Å². The van der Waals surface area contributed by atoms with E-state index in [1.807, 2.05) is 11.8 Å². The summed E-state index contributed by atoms with van der Waals surface area (Å²) in [5.41, 5.74) is -0.388. The number of piperazine rings is 1. The summed E-state index contributed by atoms with van der Waals surface area (Å²) >= 11 is 0. The molecule has 2 saturated heterocycles. The molecule has 142 valence electrons. The Hall–Kier alpha value is -2.61. The van der Waals surface area contributed by atoms with Gasteiger partial charge in [0.05, 0.1) is 28.0 Å². The van der Waals surface area contributed by atoms with E-state index in [1.165, 1.54) is 6.20 Å². The van der Waals surface area contributed by atoms with Gasteiger partial charge in [-0.15, -0.1) is 0 Å². The van der Waals surface area contributed by atoms with E-state index in [-0.39, 0.29) is 34.7 Å². The summed E-state index contributed by atoms with van der Waals surface area (Å²) < 4.78 is 22.8. The second kappa shape index (κ2) is 4.81. The number of pyridine rings is 1. The van der Waals surface area contributed by atoms with Crippen LogP contribution >= 0.6 is 0 Å². The number of nitrogens with one attached hydrogen (secondary N) is 1. The van der Waals surface area contributed by atoms with Gasteiger partial charge in [-0.2, -0.15) is 0 Å². The Kier molecular flexibility index (Phi) is 2.95. The molecule has 4 heterocycles. The molecule has 27 heavy (non-hydrogen) atoms. The molecule has 7 nitrogen and oxygen atoms in total. The molecule has 3 aliphatic rings. The van der Waals surface area contributed by atoms with Crippen molar-refractivity contribution in [3.8, 4) is 5.75 Å². The number of carbonyl (C=O) groups is 1. The average molecular weight is 373 g/mol. The van der Waals surface area contributed by atoms with Crippen molar-refractivity contribution in [2.75, 3.05) is 24.6 Å². The lowest BCUT2D eigenvalue weighted by molar-refractivity contribution is 0.0694. The smallest absolute Gasteiger partial charge is 0.341 e. The quantitative estimate of drug-likeness (QED) is 0.779. The van der Waals surface area contributed by atoms with Gasteiger partial charge in [0, 0.05) is 19.3 Å². The zero-order valence-electron chi connectivity index (χ0n) is 15.3. The molecule has 0 spiro atoms. The molecule has 2 aromatic rings. The fraction of sp³-hybridized carbons (Fsp3) is 0.474. The van der Waals surface area contributed by atoms with Crippen LogP contribution in [-0.4, -0.2) is 46.4 Å². The molecular formula is C19H20FN3O4. The van der Waals surface area contributed by atoms with Gasteiger partial charge >= 0.3 is 5.97 Å². The van der Waals surface area contributed by atoms with Gasteiger partial charge in [0.1, 0.15) is 17.9 Å². The maximum atomic E-state index is 15.1. The minimum Gasteiger partial charge on any atom is -0.487 e. The summed E-state index contributed by atoms with van der Waals surface area (Å²) in [7, 11) is 0. The van der Waals surface area contributed by atoms with Crippen LogP contribution in [0.3, 0.4) is 0 Å². The van der Waals surface area contributed by atoms with Crippen LogP contribution in [0.25, 0.3) is 10.9 Å². The number of nitrogens with zero attached hydrogens (tertiary/aromatic N) is 2. The lowest BCUT2D eigenvalue weighted by Gasteiger charge is -2.32. The van der Waals surface area contributed by atoms with E-state index in [2.05, 4.69) is 19.2 Å². The van der Waals surface area contributed by atoms with Gasteiger partial charge in [-0.25, -0.2) is 9.18 Å². The van der Waals surface area contributed by atoms with Gasteiger partial charge in [0.15, 0.2) is 11.6 Å². The summed E-state index contributed by atoms with van der Waals surface area (Å²) in [6, 6.07) is 0.990. The van der Waals surface area contributed by atoms with Crippen LogP contribution in [0.15, 0.2) is 17.1 Å². The molecule has 0 saturated carbocycles. The third-order valence-electron chi connectivity index (χ3n) is 6.41. The molecule has 3 atom stereocenters. The highest BCUT2D eigenvalue weighted by atomic mass is 19.1. The first kappa shape index (κ1) is 16.6. The highest BCUT2D eigenvalue weighted by molar-refractivity contribution is 5.97. The van der Waals surface area contributed by atoms with E-state index >= 15 is 4.39 Å². The predicted octanol–water partition coefficient (Wildman–Crippen LogP) is 1.73. The van der Waals surface area contributed by atoms with E-state index in [0.717, 1.165) is 6.07 Å². The number of hydrogen-bond acceptors (Lipinski definition) is 5. The predicted molar refractivity (Wildman–Crippen MR) is 97.5 cm³/mol. The Morgan fingerprint density at radius 2 is 2.04 bits per heavy atom. The molecule has 0 amide bonds. The van der Waals surface area contributed by atoms with Crippen molar-refractivity contribution in [1.82, 2.24) is 9.88 Å². The molecule has 8 heteroatoms. The lowest BCUT2D eigenvalue weighted by Crippen LogP contribution is -2.34. The number of hydrogen-bond donors (Lipinski definition) is 2. The Balaban J connectivity index is 1.79. The van der Waals surface area contributed by atoms with E-state index < -0.39 is 17.2 Å². The van der Waals surface area contributed by atoms with Crippen LogP contribution < -0.4 is 20.4 Å². The van der Waals surface area contributed by atoms with Gasteiger partial charge in [-0.1, -0.05) is 0 Å². The summed E-state index contributed by atoms with van der Waals surface area (Å²) in [5, 5.41) is 12.8. The number of benzene rings is 1. The van der Waals surface area contributed by atoms with Gasteiger partial charge in [-0.05, 0) is 26.8 Å². The highest BCUT2D eigenvalue weighted by Gasteiger charge is 2.66. The Labute approximate surface area is 154 Å². The topological polar surface area (TPSA) is 93.7 Å². The number of anilines is 1. The molecule has 0 radical (unpaired) electrons. The van der Waals surface area contributed by atoms with Crippen molar-refractivity contribution < 1.29 is 19.0 Å². The zero-order chi connectivity index (χ0) is 19.3. The average Bonchev–Trinajstić information content (AvgIpc) is 3.00. The zero-order valence-corrected chi connectivity index (χ0v) is 15.3. The Morgan fingerprint density at radius 3 is 2.67 bits per heavy atom. The fourth-order valence-electron chi connectivity index (χ4n) is 4.64. The molecule has 3 aliphatic heterocycles. The summed E-state index contributed by atoms with van der Waals surface area (Å²) in [6.45, 7) is 7.63. The number of ether oxygens (including phenoxy) is 1. The third kappa shape index (κ3) is 1.99. The molecular weight excluding hydrogens is 353 g/mol. The molecule has 3 unspecified atom stereocenters. The summed E-state index contributed by atoms with van der Waals surface area (Å²) in [6.07, 6.45) is 1.34. The molecule has 1 aromatic carbocycles. The lowest BCUT2D eigenvalue weighted by atomic mass is 10.0. The van der Waals surface area contributed by atoms with Gasteiger partial charge in [-0.3, -0.25) is 10.1 Å². The van der Waals surface area contributed by atoms with Crippen molar-refractivity contribution >= 4 is 22.6 Å². The number of aromatic nitrogens is 1. The maximum absolute atomic E-state index is 15.1. The first-order valence-electron chi connectivity index (χ1n) is 8.97. The van der Waals surface area contributed by atoms with E-state index in [1.54, 1.807) is 4.57 Å². The van der Waals surface area contributed by atoms with Crippen LogP contribution in [0, 0.1) is 5.82 Å². The number of aromatic carboxylic acids is 1. The molecule has 2 fully saturated rings. The minimum atomic E-state index is -1.32. The Bertz CT molecular complexity index is 1080. The number of halogens is 1. The maximum Gasteiger partial charge on any atom is 0.341 e. The van der Waals surface area contributed by atoms with Crippen molar-refractivity contribution in [2.24, 2.45) is 0 Å². The molecule has 5 rings (SSSR count). The summed E-state index contributed by atoms with van der Waals surface area (Å²) in [5.74, 6) is -1.56. The van der Waals surface area contributed by atoms with Crippen LogP contribution in [0.1, 0.15) is 37.2 Å². The first-order chi connectivity index (χ1) is 12.7. The molecule has 2 N–H and O–H groups in total. The van der Waals surface area contributed by atoms with Gasteiger partial charge in [0.2, 0.25) is 5.43 Å². The van der Waals surface area contributed by atoms with Crippen LogP contribution in [-0.2, 0) is 0 Å². The normalized spacial score (nSPS) is 31.0. The van der Waals surface area contributed by atoms with Crippen LogP contribution in [0.4, 0.5) is 10.1 Å². The number of rotatable bonds is 2. The highest BCUT2D eigenvalue weighted by Crippen LogP contribution is 2.50. The second-order valence-electron chi connectivity index (χ2n) is 8.32. The van der Waals surface area contributed by atoms with Crippen molar-refractivity contribution in [1.29, 1.82) is 0 Å². The molecule has 0 aliphatic carbocycles. The number of carboxylic acids is 1. The first-order valence-corrected chi connectivity index (χ1v) is 8.97. The van der Waals surface area contributed by atoms with Crippen LogP contribution in [0.2, 0.25) is 0 Å². The largest absolute Gasteiger partial charge is 0.487 e. The number of carboxylic acid groups (broad SMARTS) is 1. The SMILES string of the molecule is CC1COc2c(N3CC4(C)NC4(C)C3)c(F)cc3c(=O)c(C(=O)O)cn1c23. The fourth-order valence-corrected chi connectivity index (χ4v) is 4.64. The molecule has 0 bridgehead atoms. The standard InChI is InChI=1S/C19H20FN3O4/c1-9-6-27-16-13-10(15(24)11(17(25)26)5-23(9)13)4-12(20)14(16)22-7-18(2)19(3,8-22)21-18/h4-5,9,21H,6-8H2,1-3H3,(H,25,26). The minimum absolute atomic E-state index is 0.0394. The van der Waals surface area contributed by atoms with Gasteiger partial charge < -0.3 is 19.3 Å². The van der Waals surface area contributed by atoms with Crippen molar-refractivity contribution in [2.45, 2.75) is 37.9 Å². The second-order valence-corrected chi connectivity index (χ2v) is 8.32. The third-order valence-corrected chi connectivity index (χ3v) is 6.41. The van der Waals surface area contributed by atoms with Crippen LogP contribution in [0.5, 0.6) is 5.75 Å². The van der Waals surface area contributed by atoms with Crippen molar-refractivity contribution in [3.05, 3.63) is 33.9 Å². The van der Waals surface area contributed by atoms with E-state index in [9.17, 15) is 14.7 Å². The monoisotopic (exact) mass is 373 g/mol. The van der Waals surface area contributed by atoms with Crippen molar-refractivity contribution in [3.63, 3.8) is 0 Å². The van der Waals surface area contributed by atoms with Gasteiger partial charge in [0.25, 0.3) is 0 Å². The Morgan fingerprint density at radius 1 is 1.37 bits per heavy atom. The number of fused-ring (bicyclic) bond motifs is 1. The summed E-state index contributed by atoms with van der Waals surface area (Å²) in [4.78, 5) is 26.0. The van der Waals surface area contributed by atoms with E-state index in [4.69, 9.17) is 4.74 Å². The molecule has 1 aromatic heterocycles.